The lowest BCUT2D eigenvalue weighted by Gasteiger charge is -2.15. The minimum Gasteiger partial charge on any atom is -0.492 e. The summed E-state index contributed by atoms with van der Waals surface area (Å²) in [4.78, 5) is 26.1. The summed E-state index contributed by atoms with van der Waals surface area (Å²) in [5.41, 5.74) is 1.13. The molecule has 34 heavy (non-hydrogen) atoms. The van der Waals surface area contributed by atoms with E-state index in [4.69, 9.17) is 9.47 Å². The molecule has 7 nitrogen and oxygen atoms in total. The van der Waals surface area contributed by atoms with Gasteiger partial charge >= 0.3 is 5.97 Å². The number of carboxylic acids is 1. The van der Waals surface area contributed by atoms with Gasteiger partial charge in [0.2, 0.25) is 5.91 Å². The molecule has 0 spiro atoms. The van der Waals surface area contributed by atoms with Crippen LogP contribution < -0.4 is 14.8 Å². The standard InChI is InChI=1S/C27H28N2O5/c30-26(28-25-6-2-1-5-24(25)27(31)32)19-20-7-9-22(10-8-20)34-23-13-11-21(12-14-23)33-18-17-29-15-3-4-16-29/h1-2,5-14H,3-4,15-19H2,(H,28,30)(H,31,32). The quantitative estimate of drug-likeness (QED) is 0.450. The number of carboxylic acid groups (broad SMARTS) is 1. The van der Waals surface area contributed by atoms with Gasteiger partial charge in [-0.25, -0.2) is 4.79 Å². The fraction of sp³-hybridized carbons (Fsp3) is 0.259. The second kappa shape index (κ2) is 11.3. The number of hydrogen-bond donors (Lipinski definition) is 2. The Bertz CT molecular complexity index is 1110. The van der Waals surface area contributed by atoms with Crippen LogP contribution in [-0.2, 0) is 11.2 Å². The van der Waals surface area contributed by atoms with Gasteiger partial charge < -0.3 is 19.9 Å². The molecule has 4 rings (SSSR count). The Morgan fingerprint density at radius 3 is 2.15 bits per heavy atom. The van der Waals surface area contributed by atoms with Crippen LogP contribution in [0.5, 0.6) is 17.2 Å². The average molecular weight is 461 g/mol. The number of ether oxygens (including phenoxy) is 2. The Labute approximate surface area is 198 Å². The SMILES string of the molecule is O=C(Cc1ccc(Oc2ccc(OCCN3CCCC3)cc2)cc1)Nc1ccccc1C(=O)O. The molecule has 0 radical (unpaired) electrons. The molecule has 0 saturated carbocycles. The predicted molar refractivity (Wildman–Crippen MR) is 130 cm³/mol. The molecule has 1 saturated heterocycles. The number of carbonyl (C=O) groups is 2. The molecule has 0 bridgehead atoms. The van der Waals surface area contributed by atoms with Crippen molar-refractivity contribution in [2.45, 2.75) is 19.3 Å². The van der Waals surface area contributed by atoms with E-state index >= 15 is 0 Å². The predicted octanol–water partition coefficient (Wildman–Crippen LogP) is 4.83. The average Bonchev–Trinajstić information content (AvgIpc) is 3.35. The minimum atomic E-state index is -1.08. The smallest absolute Gasteiger partial charge is 0.337 e. The maximum absolute atomic E-state index is 12.4. The molecule has 1 aliphatic rings. The van der Waals surface area contributed by atoms with E-state index in [0.717, 1.165) is 30.9 Å². The van der Waals surface area contributed by atoms with E-state index in [1.165, 1.54) is 18.9 Å². The number of rotatable bonds is 10. The summed E-state index contributed by atoms with van der Waals surface area (Å²) in [6.07, 6.45) is 2.68. The van der Waals surface area contributed by atoms with Crippen molar-refractivity contribution < 1.29 is 24.2 Å². The number of aromatic carboxylic acids is 1. The summed E-state index contributed by atoms with van der Waals surface area (Å²) < 4.78 is 11.7. The molecule has 3 aromatic carbocycles. The van der Waals surface area contributed by atoms with Gasteiger partial charge in [0.05, 0.1) is 17.7 Å². The molecule has 1 amide bonds. The van der Waals surface area contributed by atoms with E-state index in [9.17, 15) is 14.7 Å². The maximum Gasteiger partial charge on any atom is 0.337 e. The van der Waals surface area contributed by atoms with Crippen LogP contribution >= 0.6 is 0 Å². The van der Waals surface area contributed by atoms with Crippen LogP contribution in [0.1, 0.15) is 28.8 Å². The lowest BCUT2D eigenvalue weighted by molar-refractivity contribution is -0.115. The van der Waals surface area contributed by atoms with Crippen LogP contribution in [0, 0.1) is 0 Å². The lowest BCUT2D eigenvalue weighted by Crippen LogP contribution is -2.25. The van der Waals surface area contributed by atoms with E-state index in [1.54, 1.807) is 30.3 Å². The van der Waals surface area contributed by atoms with Crippen molar-refractivity contribution in [1.82, 2.24) is 4.90 Å². The Hall–Kier alpha value is -3.84. The van der Waals surface area contributed by atoms with Crippen LogP contribution in [0.4, 0.5) is 5.69 Å². The van der Waals surface area contributed by atoms with Gasteiger partial charge in [0.25, 0.3) is 0 Å². The topological polar surface area (TPSA) is 88.1 Å². The van der Waals surface area contributed by atoms with Gasteiger partial charge in [-0.05, 0) is 80.0 Å². The first-order valence-corrected chi connectivity index (χ1v) is 11.4. The summed E-state index contributed by atoms with van der Waals surface area (Å²) in [6, 6.07) is 21.1. The lowest BCUT2D eigenvalue weighted by atomic mass is 10.1. The summed E-state index contributed by atoms with van der Waals surface area (Å²) in [6.45, 7) is 3.96. The zero-order valence-electron chi connectivity index (χ0n) is 18.9. The molecule has 0 aromatic heterocycles. The van der Waals surface area contributed by atoms with Gasteiger partial charge in [-0.3, -0.25) is 9.69 Å². The van der Waals surface area contributed by atoms with Crippen molar-refractivity contribution in [2.75, 3.05) is 31.6 Å². The Morgan fingerprint density at radius 1 is 0.853 bits per heavy atom. The first kappa shape index (κ1) is 23.3. The number of nitrogens with one attached hydrogen (secondary N) is 1. The number of nitrogens with zero attached hydrogens (tertiary/aromatic N) is 1. The second-order valence-electron chi connectivity index (χ2n) is 8.19. The van der Waals surface area contributed by atoms with Gasteiger partial charge in [-0.15, -0.1) is 0 Å². The van der Waals surface area contributed by atoms with Crippen LogP contribution in [0.25, 0.3) is 0 Å². The van der Waals surface area contributed by atoms with Crippen LogP contribution in [0.2, 0.25) is 0 Å². The number of hydrogen-bond acceptors (Lipinski definition) is 5. The van der Waals surface area contributed by atoms with Crippen LogP contribution in [0.15, 0.2) is 72.8 Å². The summed E-state index contributed by atoms with van der Waals surface area (Å²) in [5, 5.41) is 11.9. The van der Waals surface area contributed by atoms with Gasteiger partial charge in [0.1, 0.15) is 23.9 Å². The normalized spacial score (nSPS) is 13.4. The van der Waals surface area contributed by atoms with E-state index in [2.05, 4.69) is 10.2 Å². The number of benzene rings is 3. The maximum atomic E-state index is 12.4. The molecular weight excluding hydrogens is 432 g/mol. The number of amides is 1. The zero-order valence-corrected chi connectivity index (χ0v) is 18.9. The number of carbonyl (C=O) groups excluding carboxylic acids is 1. The van der Waals surface area contributed by atoms with Crippen molar-refractivity contribution in [3.8, 4) is 17.2 Å². The first-order chi connectivity index (χ1) is 16.6. The second-order valence-corrected chi connectivity index (χ2v) is 8.19. The third-order valence-electron chi connectivity index (χ3n) is 5.65. The Morgan fingerprint density at radius 2 is 1.47 bits per heavy atom. The van der Waals surface area contributed by atoms with Gasteiger partial charge in [0, 0.05) is 6.54 Å². The number of para-hydroxylation sites is 1. The highest BCUT2D eigenvalue weighted by Crippen LogP contribution is 2.24. The molecule has 1 fully saturated rings. The molecule has 2 N–H and O–H groups in total. The molecule has 176 valence electrons. The van der Waals surface area contributed by atoms with E-state index in [1.807, 2.05) is 36.4 Å². The highest BCUT2D eigenvalue weighted by Gasteiger charge is 2.13. The molecule has 0 aliphatic carbocycles. The third kappa shape index (κ3) is 6.59. The molecule has 7 heteroatoms. The number of anilines is 1. The molecular formula is C27H28N2O5. The van der Waals surface area contributed by atoms with Crippen molar-refractivity contribution in [2.24, 2.45) is 0 Å². The summed E-state index contributed by atoms with van der Waals surface area (Å²) >= 11 is 0. The Balaban J connectivity index is 1.25. The monoisotopic (exact) mass is 460 g/mol. The van der Waals surface area contributed by atoms with Crippen LogP contribution in [-0.4, -0.2) is 48.1 Å². The fourth-order valence-corrected chi connectivity index (χ4v) is 3.87. The van der Waals surface area contributed by atoms with Crippen molar-refractivity contribution in [3.63, 3.8) is 0 Å². The van der Waals surface area contributed by atoms with E-state index in [0.29, 0.717) is 18.1 Å². The molecule has 0 unspecified atom stereocenters. The van der Waals surface area contributed by atoms with Crippen molar-refractivity contribution in [3.05, 3.63) is 83.9 Å². The van der Waals surface area contributed by atoms with E-state index in [-0.39, 0.29) is 23.6 Å². The molecule has 1 aliphatic heterocycles. The largest absolute Gasteiger partial charge is 0.492 e. The zero-order chi connectivity index (χ0) is 23.8. The van der Waals surface area contributed by atoms with Gasteiger partial charge in [-0.2, -0.15) is 0 Å². The minimum absolute atomic E-state index is 0.0580. The van der Waals surface area contributed by atoms with Gasteiger partial charge in [0.15, 0.2) is 0 Å². The number of likely N-dealkylation sites (tertiary alicyclic amines) is 1. The molecule has 3 aromatic rings. The van der Waals surface area contributed by atoms with Gasteiger partial charge in [-0.1, -0.05) is 24.3 Å². The fourth-order valence-electron chi connectivity index (χ4n) is 3.87. The van der Waals surface area contributed by atoms with Crippen LogP contribution in [0.3, 0.4) is 0 Å². The summed E-state index contributed by atoms with van der Waals surface area (Å²) in [7, 11) is 0. The van der Waals surface area contributed by atoms with Crippen molar-refractivity contribution in [1.29, 1.82) is 0 Å². The molecule has 0 atom stereocenters. The van der Waals surface area contributed by atoms with E-state index < -0.39 is 5.97 Å². The third-order valence-corrected chi connectivity index (χ3v) is 5.65. The Kier molecular flexibility index (Phi) is 7.78. The van der Waals surface area contributed by atoms with Crippen molar-refractivity contribution >= 4 is 17.6 Å². The highest BCUT2D eigenvalue weighted by atomic mass is 16.5. The molecule has 1 heterocycles. The first-order valence-electron chi connectivity index (χ1n) is 11.4. The highest BCUT2D eigenvalue weighted by molar-refractivity contribution is 6.00. The summed E-state index contributed by atoms with van der Waals surface area (Å²) in [5.74, 6) is 0.796.